The molecule has 0 amide bonds. The smallest absolute Gasteiger partial charge is 0.312 e. The van der Waals surface area contributed by atoms with Crippen LogP contribution >= 0.6 is 27.3 Å². The van der Waals surface area contributed by atoms with Gasteiger partial charge in [-0.3, -0.25) is 10.1 Å². The average Bonchev–Trinajstić information content (AvgIpc) is 2.84. The topological polar surface area (TPSA) is 81.0 Å². The zero-order chi connectivity index (χ0) is 13.0. The molecule has 0 unspecified atom stereocenters. The normalized spacial score (nSPS) is 10.3. The van der Waals surface area contributed by atoms with Gasteiger partial charge >= 0.3 is 5.69 Å². The van der Waals surface area contributed by atoms with E-state index in [1.165, 1.54) is 12.3 Å². The molecule has 0 atom stereocenters. The molecule has 2 heterocycles. The van der Waals surface area contributed by atoms with E-state index in [0.29, 0.717) is 17.4 Å². The molecule has 0 saturated heterocycles. The van der Waals surface area contributed by atoms with Gasteiger partial charge in [0.15, 0.2) is 0 Å². The van der Waals surface area contributed by atoms with Crippen LogP contribution in [0.1, 0.15) is 5.01 Å². The fourth-order valence-corrected chi connectivity index (χ4v) is 2.31. The summed E-state index contributed by atoms with van der Waals surface area (Å²) in [4.78, 5) is 18.5. The SMILES string of the molecule is O=[N+]([O-])c1cc(Br)cnc1NCCc1nccs1. The number of aromatic nitrogens is 2. The third kappa shape index (κ3) is 3.23. The third-order valence-electron chi connectivity index (χ3n) is 2.15. The van der Waals surface area contributed by atoms with Crippen molar-refractivity contribution in [2.75, 3.05) is 11.9 Å². The predicted octanol–water partition coefficient (Wildman–Crippen LogP) is 2.86. The van der Waals surface area contributed by atoms with Crippen LogP contribution < -0.4 is 5.32 Å². The van der Waals surface area contributed by atoms with E-state index in [1.807, 2.05) is 5.38 Å². The lowest BCUT2D eigenvalue weighted by molar-refractivity contribution is -0.384. The van der Waals surface area contributed by atoms with Crippen molar-refractivity contribution in [2.45, 2.75) is 6.42 Å². The maximum Gasteiger partial charge on any atom is 0.312 e. The Bertz CT molecular complexity index is 547. The Balaban J connectivity index is 2.02. The first-order valence-corrected chi connectivity index (χ1v) is 6.76. The highest BCUT2D eigenvalue weighted by Crippen LogP contribution is 2.25. The third-order valence-corrected chi connectivity index (χ3v) is 3.42. The molecule has 0 bridgehead atoms. The van der Waals surface area contributed by atoms with Crippen LogP contribution in [0.2, 0.25) is 0 Å². The molecular formula is C10H9BrN4O2S. The van der Waals surface area contributed by atoms with Gasteiger partial charge in [0.05, 0.1) is 9.93 Å². The molecule has 2 rings (SSSR count). The molecule has 2 aromatic rings. The lowest BCUT2D eigenvalue weighted by atomic mass is 10.3. The van der Waals surface area contributed by atoms with Crippen molar-refractivity contribution in [1.82, 2.24) is 9.97 Å². The molecule has 0 aliphatic rings. The van der Waals surface area contributed by atoms with Crippen LogP contribution in [0, 0.1) is 10.1 Å². The van der Waals surface area contributed by atoms with Crippen molar-refractivity contribution in [3.05, 3.63) is 43.4 Å². The van der Waals surface area contributed by atoms with Crippen LogP contribution in [0.25, 0.3) is 0 Å². The van der Waals surface area contributed by atoms with E-state index in [4.69, 9.17) is 0 Å². The fourth-order valence-electron chi connectivity index (χ4n) is 1.37. The van der Waals surface area contributed by atoms with E-state index >= 15 is 0 Å². The maximum absolute atomic E-state index is 10.9. The number of nitrogens with zero attached hydrogens (tertiary/aromatic N) is 3. The Morgan fingerprint density at radius 3 is 3.00 bits per heavy atom. The Morgan fingerprint density at radius 1 is 1.50 bits per heavy atom. The van der Waals surface area contributed by atoms with Crippen LogP contribution in [-0.2, 0) is 6.42 Å². The Labute approximate surface area is 115 Å². The summed E-state index contributed by atoms with van der Waals surface area (Å²) in [6.45, 7) is 0.559. The summed E-state index contributed by atoms with van der Waals surface area (Å²) < 4.78 is 0.583. The molecule has 2 aromatic heterocycles. The number of nitro groups is 1. The summed E-state index contributed by atoms with van der Waals surface area (Å²) in [5, 5.41) is 16.7. The number of halogens is 1. The summed E-state index contributed by atoms with van der Waals surface area (Å²) in [6.07, 6.45) is 3.98. The molecule has 0 saturated carbocycles. The van der Waals surface area contributed by atoms with Gasteiger partial charge in [-0.15, -0.1) is 11.3 Å². The fraction of sp³-hybridized carbons (Fsp3) is 0.200. The molecule has 1 N–H and O–H groups in total. The molecule has 8 heteroatoms. The van der Waals surface area contributed by atoms with Gasteiger partial charge in [-0.2, -0.15) is 0 Å². The first kappa shape index (κ1) is 12.9. The molecule has 0 fully saturated rings. The minimum atomic E-state index is -0.455. The van der Waals surface area contributed by atoms with Gasteiger partial charge in [0.25, 0.3) is 0 Å². The van der Waals surface area contributed by atoms with Gasteiger partial charge in [0, 0.05) is 41.3 Å². The minimum Gasteiger partial charge on any atom is -0.364 e. The quantitative estimate of drug-likeness (QED) is 0.674. The number of pyridine rings is 1. The molecule has 94 valence electrons. The first-order valence-electron chi connectivity index (χ1n) is 5.09. The van der Waals surface area contributed by atoms with Gasteiger partial charge in [-0.25, -0.2) is 9.97 Å². The number of hydrogen-bond acceptors (Lipinski definition) is 6. The van der Waals surface area contributed by atoms with Gasteiger partial charge in [0.2, 0.25) is 5.82 Å². The number of hydrogen-bond donors (Lipinski definition) is 1. The van der Waals surface area contributed by atoms with E-state index in [-0.39, 0.29) is 11.5 Å². The van der Waals surface area contributed by atoms with Crippen LogP contribution in [0.15, 0.2) is 28.3 Å². The van der Waals surface area contributed by atoms with E-state index in [0.717, 1.165) is 5.01 Å². The monoisotopic (exact) mass is 328 g/mol. The zero-order valence-corrected chi connectivity index (χ0v) is 11.6. The maximum atomic E-state index is 10.9. The lowest BCUT2D eigenvalue weighted by Crippen LogP contribution is -2.08. The minimum absolute atomic E-state index is 0.0384. The van der Waals surface area contributed by atoms with Crippen molar-refractivity contribution in [2.24, 2.45) is 0 Å². The highest BCUT2D eigenvalue weighted by atomic mass is 79.9. The van der Waals surface area contributed by atoms with Crippen molar-refractivity contribution in [3.8, 4) is 0 Å². The molecule has 0 aliphatic heterocycles. The molecular weight excluding hydrogens is 320 g/mol. The molecule has 18 heavy (non-hydrogen) atoms. The van der Waals surface area contributed by atoms with Crippen LogP contribution in [0.3, 0.4) is 0 Å². The van der Waals surface area contributed by atoms with E-state index in [2.05, 4.69) is 31.2 Å². The van der Waals surface area contributed by atoms with Crippen molar-refractivity contribution >= 4 is 38.8 Å². The average molecular weight is 329 g/mol. The molecule has 0 radical (unpaired) electrons. The van der Waals surface area contributed by atoms with Crippen molar-refractivity contribution in [3.63, 3.8) is 0 Å². The standard InChI is InChI=1S/C10H9BrN4O2S/c11-7-5-8(15(16)17)10(14-6-7)13-2-1-9-12-3-4-18-9/h3-6H,1-2H2,(H,13,14). The Hall–Kier alpha value is -1.54. The van der Waals surface area contributed by atoms with Crippen LogP contribution in [0.5, 0.6) is 0 Å². The van der Waals surface area contributed by atoms with Crippen molar-refractivity contribution < 1.29 is 4.92 Å². The predicted molar refractivity (Wildman–Crippen MR) is 72.9 cm³/mol. The molecule has 0 aliphatic carbocycles. The van der Waals surface area contributed by atoms with Crippen LogP contribution in [0.4, 0.5) is 11.5 Å². The highest BCUT2D eigenvalue weighted by Gasteiger charge is 2.15. The van der Waals surface area contributed by atoms with E-state index in [1.54, 1.807) is 17.5 Å². The summed E-state index contributed by atoms with van der Waals surface area (Å²) in [7, 11) is 0. The number of thiazole rings is 1. The van der Waals surface area contributed by atoms with E-state index in [9.17, 15) is 10.1 Å². The zero-order valence-electron chi connectivity index (χ0n) is 9.17. The summed E-state index contributed by atoms with van der Waals surface area (Å²) in [5.41, 5.74) is -0.0384. The second-order valence-corrected chi connectivity index (χ2v) is 5.28. The summed E-state index contributed by atoms with van der Waals surface area (Å²) in [6, 6.07) is 1.43. The van der Waals surface area contributed by atoms with Gasteiger partial charge < -0.3 is 5.32 Å². The van der Waals surface area contributed by atoms with Gasteiger partial charge in [-0.1, -0.05) is 0 Å². The van der Waals surface area contributed by atoms with Crippen molar-refractivity contribution in [1.29, 1.82) is 0 Å². The molecule has 0 aromatic carbocycles. The second kappa shape index (κ2) is 5.87. The Morgan fingerprint density at radius 2 is 2.33 bits per heavy atom. The second-order valence-electron chi connectivity index (χ2n) is 3.38. The highest BCUT2D eigenvalue weighted by molar-refractivity contribution is 9.10. The van der Waals surface area contributed by atoms with Crippen LogP contribution in [-0.4, -0.2) is 21.4 Å². The van der Waals surface area contributed by atoms with Gasteiger partial charge in [-0.05, 0) is 15.9 Å². The number of nitrogens with one attached hydrogen (secondary N) is 1. The molecule has 0 spiro atoms. The largest absolute Gasteiger partial charge is 0.364 e. The van der Waals surface area contributed by atoms with Gasteiger partial charge in [0.1, 0.15) is 0 Å². The Kier molecular flexibility index (Phi) is 4.21. The number of anilines is 1. The number of rotatable bonds is 5. The molecule has 6 nitrogen and oxygen atoms in total. The van der Waals surface area contributed by atoms with E-state index < -0.39 is 4.92 Å². The lowest BCUT2D eigenvalue weighted by Gasteiger charge is -2.05. The summed E-state index contributed by atoms with van der Waals surface area (Å²) >= 11 is 4.72. The first-order chi connectivity index (χ1) is 8.66. The summed E-state index contributed by atoms with van der Waals surface area (Å²) in [5.74, 6) is 0.278.